The number of methoxy groups -OCH3 is 1. The van der Waals surface area contributed by atoms with Gasteiger partial charge in [-0.05, 0) is 30.7 Å². The van der Waals surface area contributed by atoms with Crippen LogP contribution in [0.2, 0.25) is 0 Å². The van der Waals surface area contributed by atoms with E-state index >= 15 is 0 Å². The van der Waals surface area contributed by atoms with Gasteiger partial charge in [-0.1, -0.05) is 30.3 Å². The molecule has 2 aromatic carbocycles. The number of benzene rings is 2. The van der Waals surface area contributed by atoms with Gasteiger partial charge in [-0.3, -0.25) is 0 Å². The van der Waals surface area contributed by atoms with Crippen molar-refractivity contribution in [3.05, 3.63) is 54.1 Å². The van der Waals surface area contributed by atoms with Crippen LogP contribution in [0.1, 0.15) is 5.56 Å². The fourth-order valence-corrected chi connectivity index (χ4v) is 2.14. The number of urea groups is 1. The molecule has 0 aliphatic heterocycles. The van der Waals surface area contributed by atoms with E-state index in [0.717, 1.165) is 11.3 Å². The molecule has 0 unspecified atom stereocenters. The largest absolute Gasteiger partial charge is 0.491 e. The first-order chi connectivity index (χ1) is 12.2. The molecule has 0 aliphatic rings. The minimum Gasteiger partial charge on any atom is -0.491 e. The van der Waals surface area contributed by atoms with Crippen molar-refractivity contribution in [3.8, 4) is 11.5 Å². The number of aryl methyl sites for hydroxylation is 1. The SMILES string of the molecule is COCCOc1ccccc1NC(=O)NCCOc1ccccc1C. The first kappa shape index (κ1) is 18.6. The number of ether oxygens (including phenoxy) is 3. The van der Waals surface area contributed by atoms with Crippen LogP contribution in [0.25, 0.3) is 0 Å². The zero-order valence-electron chi connectivity index (χ0n) is 14.6. The zero-order valence-corrected chi connectivity index (χ0v) is 14.6. The van der Waals surface area contributed by atoms with Crippen molar-refractivity contribution in [1.29, 1.82) is 0 Å². The number of carbonyl (C=O) groups excluding carboxylic acids is 1. The molecular weight excluding hydrogens is 320 g/mol. The average molecular weight is 344 g/mol. The van der Waals surface area contributed by atoms with Crippen LogP contribution in [0.5, 0.6) is 11.5 Å². The second-order valence-electron chi connectivity index (χ2n) is 5.33. The molecule has 0 fully saturated rings. The number of rotatable bonds is 9. The molecule has 2 N–H and O–H groups in total. The van der Waals surface area contributed by atoms with E-state index in [1.54, 1.807) is 19.2 Å². The van der Waals surface area contributed by atoms with Crippen LogP contribution in [0.15, 0.2) is 48.5 Å². The van der Waals surface area contributed by atoms with Crippen LogP contribution < -0.4 is 20.1 Å². The quantitative estimate of drug-likeness (QED) is 0.685. The van der Waals surface area contributed by atoms with Gasteiger partial charge in [0.25, 0.3) is 0 Å². The number of amides is 2. The van der Waals surface area contributed by atoms with Gasteiger partial charge in [0.05, 0.1) is 18.8 Å². The number of hydrogen-bond acceptors (Lipinski definition) is 4. The van der Waals surface area contributed by atoms with Crippen molar-refractivity contribution < 1.29 is 19.0 Å². The Kier molecular flexibility index (Phi) is 7.59. The molecule has 2 amide bonds. The highest BCUT2D eigenvalue weighted by molar-refractivity contribution is 5.90. The Labute approximate surface area is 148 Å². The summed E-state index contributed by atoms with van der Waals surface area (Å²) in [6, 6.07) is 14.7. The van der Waals surface area contributed by atoms with Crippen molar-refractivity contribution >= 4 is 11.7 Å². The van der Waals surface area contributed by atoms with Gasteiger partial charge in [-0.15, -0.1) is 0 Å². The maximum atomic E-state index is 12.0. The van der Waals surface area contributed by atoms with Crippen molar-refractivity contribution in [2.24, 2.45) is 0 Å². The summed E-state index contributed by atoms with van der Waals surface area (Å²) in [6.07, 6.45) is 0. The van der Waals surface area contributed by atoms with Gasteiger partial charge in [0.15, 0.2) is 0 Å². The molecule has 6 heteroatoms. The Bertz CT molecular complexity index is 676. The molecule has 2 rings (SSSR count). The van der Waals surface area contributed by atoms with Gasteiger partial charge in [0.1, 0.15) is 24.7 Å². The molecule has 0 aliphatic carbocycles. The van der Waals surface area contributed by atoms with Gasteiger partial charge in [0, 0.05) is 7.11 Å². The Hall–Kier alpha value is -2.73. The minimum atomic E-state index is -0.309. The lowest BCUT2D eigenvalue weighted by Gasteiger charge is -2.13. The fourth-order valence-electron chi connectivity index (χ4n) is 2.14. The molecule has 0 heterocycles. The molecule has 134 valence electrons. The van der Waals surface area contributed by atoms with E-state index < -0.39 is 0 Å². The number of anilines is 1. The van der Waals surface area contributed by atoms with E-state index in [4.69, 9.17) is 14.2 Å². The van der Waals surface area contributed by atoms with Crippen molar-refractivity contribution in [2.45, 2.75) is 6.92 Å². The standard InChI is InChI=1S/C19H24N2O4/c1-15-7-3-5-9-17(15)24-12-11-20-19(22)21-16-8-4-6-10-18(16)25-14-13-23-2/h3-10H,11-14H2,1-2H3,(H2,20,21,22). The van der Waals surface area contributed by atoms with Gasteiger partial charge in [-0.25, -0.2) is 4.79 Å². The number of nitrogens with one attached hydrogen (secondary N) is 2. The van der Waals surface area contributed by atoms with E-state index in [1.165, 1.54) is 0 Å². The third-order valence-electron chi connectivity index (χ3n) is 3.42. The highest BCUT2D eigenvalue weighted by Crippen LogP contribution is 2.23. The Morgan fingerprint density at radius 3 is 2.36 bits per heavy atom. The van der Waals surface area contributed by atoms with Gasteiger partial charge >= 0.3 is 6.03 Å². The van der Waals surface area contributed by atoms with Crippen molar-refractivity contribution in [3.63, 3.8) is 0 Å². The molecule has 0 saturated heterocycles. The third-order valence-corrected chi connectivity index (χ3v) is 3.42. The van der Waals surface area contributed by atoms with E-state index in [1.807, 2.05) is 43.3 Å². The summed E-state index contributed by atoms with van der Waals surface area (Å²) in [4.78, 5) is 12.0. The van der Waals surface area contributed by atoms with E-state index in [9.17, 15) is 4.79 Å². The van der Waals surface area contributed by atoms with E-state index in [2.05, 4.69) is 10.6 Å². The Balaban J connectivity index is 1.76. The summed E-state index contributed by atoms with van der Waals surface area (Å²) >= 11 is 0. The maximum absolute atomic E-state index is 12.0. The monoisotopic (exact) mass is 344 g/mol. The van der Waals surface area contributed by atoms with Gasteiger partial charge in [-0.2, -0.15) is 0 Å². The van der Waals surface area contributed by atoms with E-state index in [0.29, 0.717) is 37.8 Å². The Morgan fingerprint density at radius 2 is 1.60 bits per heavy atom. The summed E-state index contributed by atoms with van der Waals surface area (Å²) < 4.78 is 16.2. The summed E-state index contributed by atoms with van der Waals surface area (Å²) in [5.41, 5.74) is 1.67. The molecule has 6 nitrogen and oxygen atoms in total. The normalized spacial score (nSPS) is 10.2. The van der Waals surface area contributed by atoms with Crippen LogP contribution in [-0.4, -0.2) is 39.5 Å². The lowest BCUT2D eigenvalue weighted by molar-refractivity contribution is 0.146. The molecule has 0 saturated carbocycles. The van der Waals surface area contributed by atoms with Crippen molar-refractivity contribution in [2.75, 3.05) is 38.8 Å². The van der Waals surface area contributed by atoms with E-state index in [-0.39, 0.29) is 6.03 Å². The molecule has 0 radical (unpaired) electrons. The fraction of sp³-hybridized carbons (Fsp3) is 0.316. The van der Waals surface area contributed by atoms with Crippen LogP contribution in [-0.2, 0) is 4.74 Å². The first-order valence-corrected chi connectivity index (χ1v) is 8.14. The molecule has 0 atom stereocenters. The molecule has 0 aromatic heterocycles. The predicted molar refractivity (Wildman–Crippen MR) is 97.5 cm³/mol. The molecule has 25 heavy (non-hydrogen) atoms. The third kappa shape index (κ3) is 6.35. The second-order valence-corrected chi connectivity index (χ2v) is 5.33. The van der Waals surface area contributed by atoms with Crippen molar-refractivity contribution in [1.82, 2.24) is 5.32 Å². The van der Waals surface area contributed by atoms with Crippen LogP contribution in [0, 0.1) is 6.92 Å². The molecule has 2 aromatic rings. The second kappa shape index (κ2) is 10.2. The first-order valence-electron chi connectivity index (χ1n) is 8.14. The number of hydrogen-bond donors (Lipinski definition) is 2. The maximum Gasteiger partial charge on any atom is 0.319 e. The summed E-state index contributed by atoms with van der Waals surface area (Å²) in [7, 11) is 1.61. The van der Waals surface area contributed by atoms with Gasteiger partial charge in [0.2, 0.25) is 0 Å². The zero-order chi connectivity index (χ0) is 17.9. The molecule has 0 bridgehead atoms. The summed E-state index contributed by atoms with van der Waals surface area (Å²) in [5, 5.41) is 5.54. The Morgan fingerprint density at radius 1 is 0.920 bits per heavy atom. The van der Waals surface area contributed by atoms with Crippen LogP contribution in [0.3, 0.4) is 0 Å². The van der Waals surface area contributed by atoms with Crippen LogP contribution >= 0.6 is 0 Å². The minimum absolute atomic E-state index is 0.309. The predicted octanol–water partition coefficient (Wildman–Crippen LogP) is 3.22. The number of para-hydroxylation sites is 3. The topological polar surface area (TPSA) is 68.8 Å². The highest BCUT2D eigenvalue weighted by Gasteiger charge is 2.07. The number of carbonyl (C=O) groups is 1. The summed E-state index contributed by atoms with van der Waals surface area (Å²) in [5.74, 6) is 1.42. The summed E-state index contributed by atoms with van der Waals surface area (Å²) in [6.45, 7) is 3.67. The van der Waals surface area contributed by atoms with Gasteiger partial charge < -0.3 is 24.8 Å². The smallest absolute Gasteiger partial charge is 0.319 e. The highest BCUT2D eigenvalue weighted by atomic mass is 16.5. The molecular formula is C19H24N2O4. The average Bonchev–Trinajstić information content (AvgIpc) is 2.62. The van der Waals surface area contributed by atoms with Crippen LogP contribution in [0.4, 0.5) is 10.5 Å². The lowest BCUT2D eigenvalue weighted by Crippen LogP contribution is -2.32. The lowest BCUT2D eigenvalue weighted by atomic mass is 10.2. The molecule has 0 spiro atoms.